The molecule has 0 aromatic heterocycles. The Hall–Kier alpha value is -2.93. The maximum atomic E-state index is 13.3. The standard InChI is InChI=1S/C19H16ClFN2O4/c20-14-5-1-3-12(7-14)10-22-18(24)11-26-19(25)17-9-16(23-27-17)13-4-2-6-15(21)8-13/h1-8,17H,9-11H2,(H,22,24). The average molecular weight is 391 g/mol. The van der Waals surface area contributed by atoms with E-state index in [0.29, 0.717) is 16.3 Å². The van der Waals surface area contributed by atoms with Crippen molar-refractivity contribution < 1.29 is 23.6 Å². The van der Waals surface area contributed by atoms with Crippen molar-refractivity contribution in [3.8, 4) is 0 Å². The second-order valence-corrected chi connectivity index (χ2v) is 6.30. The number of nitrogens with zero attached hydrogens (tertiary/aromatic N) is 1. The Kier molecular flexibility index (Phi) is 6.03. The summed E-state index contributed by atoms with van der Waals surface area (Å²) in [5.41, 5.74) is 1.81. The van der Waals surface area contributed by atoms with Gasteiger partial charge in [0.1, 0.15) is 5.82 Å². The van der Waals surface area contributed by atoms with Crippen LogP contribution in [0.2, 0.25) is 5.02 Å². The molecule has 2 aromatic carbocycles. The van der Waals surface area contributed by atoms with Gasteiger partial charge in [0.05, 0.1) is 5.71 Å². The van der Waals surface area contributed by atoms with Crippen LogP contribution < -0.4 is 5.32 Å². The van der Waals surface area contributed by atoms with E-state index in [1.807, 2.05) is 6.07 Å². The van der Waals surface area contributed by atoms with Crippen molar-refractivity contribution in [3.63, 3.8) is 0 Å². The van der Waals surface area contributed by atoms with E-state index in [1.165, 1.54) is 12.1 Å². The number of rotatable bonds is 6. The van der Waals surface area contributed by atoms with Crippen molar-refractivity contribution in [3.05, 3.63) is 70.5 Å². The van der Waals surface area contributed by atoms with E-state index in [9.17, 15) is 14.0 Å². The molecule has 0 radical (unpaired) electrons. The lowest BCUT2D eigenvalue weighted by atomic mass is 10.1. The molecule has 1 amide bonds. The van der Waals surface area contributed by atoms with Crippen LogP contribution in [0.5, 0.6) is 0 Å². The van der Waals surface area contributed by atoms with E-state index in [2.05, 4.69) is 10.5 Å². The van der Waals surface area contributed by atoms with Crippen molar-refractivity contribution in [1.82, 2.24) is 5.32 Å². The summed E-state index contributed by atoms with van der Waals surface area (Å²) < 4.78 is 18.2. The minimum Gasteiger partial charge on any atom is -0.453 e. The summed E-state index contributed by atoms with van der Waals surface area (Å²) in [5.74, 6) is -1.56. The van der Waals surface area contributed by atoms with Crippen LogP contribution in [-0.2, 0) is 25.7 Å². The van der Waals surface area contributed by atoms with Crippen molar-refractivity contribution in [2.24, 2.45) is 5.16 Å². The zero-order chi connectivity index (χ0) is 19.2. The largest absolute Gasteiger partial charge is 0.453 e. The van der Waals surface area contributed by atoms with Crippen LogP contribution in [-0.4, -0.2) is 30.3 Å². The van der Waals surface area contributed by atoms with Gasteiger partial charge >= 0.3 is 5.97 Å². The van der Waals surface area contributed by atoms with Gasteiger partial charge in [-0.25, -0.2) is 9.18 Å². The average Bonchev–Trinajstić information content (AvgIpc) is 3.15. The Bertz CT molecular complexity index is 888. The second kappa shape index (κ2) is 8.64. The number of oxime groups is 1. The molecule has 0 fully saturated rings. The molecule has 2 aromatic rings. The summed E-state index contributed by atoms with van der Waals surface area (Å²) in [6, 6.07) is 12.9. The summed E-state index contributed by atoms with van der Waals surface area (Å²) in [5, 5.41) is 6.99. The van der Waals surface area contributed by atoms with Gasteiger partial charge in [0.15, 0.2) is 6.61 Å². The van der Waals surface area contributed by atoms with Crippen LogP contribution in [0.25, 0.3) is 0 Å². The normalized spacial score (nSPS) is 15.6. The lowest BCUT2D eigenvalue weighted by Crippen LogP contribution is -2.31. The lowest BCUT2D eigenvalue weighted by molar-refractivity contribution is -0.158. The molecular formula is C19H16ClFN2O4. The molecule has 0 saturated carbocycles. The third kappa shape index (κ3) is 5.27. The number of carbonyl (C=O) groups is 2. The summed E-state index contributed by atoms with van der Waals surface area (Å²) in [4.78, 5) is 28.9. The van der Waals surface area contributed by atoms with Crippen molar-refractivity contribution in [1.29, 1.82) is 0 Å². The second-order valence-electron chi connectivity index (χ2n) is 5.86. The van der Waals surface area contributed by atoms with Crippen molar-refractivity contribution in [2.75, 3.05) is 6.61 Å². The molecule has 6 nitrogen and oxygen atoms in total. The van der Waals surface area contributed by atoms with Gasteiger partial charge < -0.3 is 14.9 Å². The van der Waals surface area contributed by atoms with Crippen LogP contribution in [0.4, 0.5) is 4.39 Å². The first-order valence-electron chi connectivity index (χ1n) is 8.17. The first-order chi connectivity index (χ1) is 13.0. The number of halogens is 2. The van der Waals surface area contributed by atoms with E-state index in [1.54, 1.807) is 30.3 Å². The molecule has 140 valence electrons. The summed E-state index contributed by atoms with van der Waals surface area (Å²) in [6.45, 7) is -0.168. The summed E-state index contributed by atoms with van der Waals surface area (Å²) in [7, 11) is 0. The number of benzene rings is 2. The van der Waals surface area contributed by atoms with Crippen LogP contribution in [0.3, 0.4) is 0 Å². The van der Waals surface area contributed by atoms with Crippen LogP contribution >= 0.6 is 11.6 Å². The fourth-order valence-electron chi connectivity index (χ4n) is 2.47. The number of hydrogen-bond acceptors (Lipinski definition) is 5. The highest BCUT2D eigenvalue weighted by molar-refractivity contribution is 6.30. The molecule has 27 heavy (non-hydrogen) atoms. The molecule has 1 heterocycles. The van der Waals surface area contributed by atoms with Gasteiger partial charge in [0, 0.05) is 23.6 Å². The van der Waals surface area contributed by atoms with Gasteiger partial charge in [0.2, 0.25) is 6.10 Å². The Morgan fingerprint density at radius 2 is 2.07 bits per heavy atom. The van der Waals surface area contributed by atoms with Crippen LogP contribution in [0, 0.1) is 5.82 Å². The quantitative estimate of drug-likeness (QED) is 0.769. The van der Waals surface area contributed by atoms with Gasteiger partial charge in [-0.1, -0.05) is 41.0 Å². The monoisotopic (exact) mass is 390 g/mol. The molecule has 1 aliphatic heterocycles. The maximum Gasteiger partial charge on any atom is 0.351 e. The van der Waals surface area contributed by atoms with Gasteiger partial charge in [-0.15, -0.1) is 0 Å². The van der Waals surface area contributed by atoms with E-state index in [-0.39, 0.29) is 13.0 Å². The molecular weight excluding hydrogens is 375 g/mol. The third-order valence-corrected chi connectivity index (χ3v) is 4.05. The number of ether oxygens (including phenoxy) is 1. The first kappa shape index (κ1) is 18.8. The zero-order valence-electron chi connectivity index (χ0n) is 14.2. The molecule has 1 N–H and O–H groups in total. The minimum atomic E-state index is -0.955. The topological polar surface area (TPSA) is 77.0 Å². The molecule has 0 bridgehead atoms. The molecule has 1 atom stereocenters. The Labute approximate surface area is 159 Å². The number of amides is 1. The van der Waals surface area contributed by atoms with E-state index < -0.39 is 30.4 Å². The van der Waals surface area contributed by atoms with Gasteiger partial charge in [-0.2, -0.15) is 0 Å². The fourth-order valence-corrected chi connectivity index (χ4v) is 2.68. The predicted molar refractivity (Wildman–Crippen MR) is 96.7 cm³/mol. The lowest BCUT2D eigenvalue weighted by Gasteiger charge is -2.09. The van der Waals surface area contributed by atoms with Gasteiger partial charge in [-0.05, 0) is 29.8 Å². The van der Waals surface area contributed by atoms with E-state index in [0.717, 1.165) is 5.56 Å². The van der Waals surface area contributed by atoms with E-state index >= 15 is 0 Å². The van der Waals surface area contributed by atoms with E-state index in [4.69, 9.17) is 21.2 Å². The Morgan fingerprint density at radius 1 is 1.26 bits per heavy atom. The summed E-state index contributed by atoms with van der Waals surface area (Å²) >= 11 is 5.87. The highest BCUT2D eigenvalue weighted by atomic mass is 35.5. The number of esters is 1. The summed E-state index contributed by atoms with van der Waals surface area (Å²) in [6.07, 6.45) is -0.809. The SMILES string of the molecule is O=C(COC(=O)C1CC(c2cccc(F)c2)=NO1)NCc1cccc(Cl)c1. The number of nitrogens with one attached hydrogen (secondary N) is 1. The predicted octanol–water partition coefficient (Wildman–Crippen LogP) is 2.83. The highest BCUT2D eigenvalue weighted by Gasteiger charge is 2.30. The molecule has 0 aliphatic carbocycles. The smallest absolute Gasteiger partial charge is 0.351 e. The molecule has 3 rings (SSSR count). The van der Waals surface area contributed by atoms with Crippen LogP contribution in [0.1, 0.15) is 17.5 Å². The molecule has 1 aliphatic rings. The highest BCUT2D eigenvalue weighted by Crippen LogP contribution is 2.18. The zero-order valence-corrected chi connectivity index (χ0v) is 14.9. The molecule has 0 spiro atoms. The molecule has 0 saturated heterocycles. The first-order valence-corrected chi connectivity index (χ1v) is 8.55. The maximum absolute atomic E-state index is 13.3. The van der Waals surface area contributed by atoms with Crippen molar-refractivity contribution in [2.45, 2.75) is 19.1 Å². The van der Waals surface area contributed by atoms with Gasteiger partial charge in [-0.3, -0.25) is 4.79 Å². The third-order valence-electron chi connectivity index (χ3n) is 3.81. The Morgan fingerprint density at radius 3 is 2.85 bits per heavy atom. The van der Waals surface area contributed by atoms with Gasteiger partial charge in [0.25, 0.3) is 5.91 Å². The Balaban J connectivity index is 1.43. The minimum absolute atomic E-state index is 0.145. The number of hydrogen-bond donors (Lipinski definition) is 1. The van der Waals surface area contributed by atoms with Crippen LogP contribution in [0.15, 0.2) is 53.7 Å². The molecule has 8 heteroatoms. The van der Waals surface area contributed by atoms with Crippen molar-refractivity contribution >= 4 is 29.2 Å². The molecule has 1 unspecified atom stereocenters. The number of carbonyl (C=O) groups excluding carboxylic acids is 2. The fraction of sp³-hybridized carbons (Fsp3) is 0.211.